The molecule has 0 aromatic heterocycles. The summed E-state index contributed by atoms with van der Waals surface area (Å²) in [6.07, 6.45) is 0. The molecule has 1 heterocycles. The van der Waals surface area contributed by atoms with Gasteiger partial charge in [-0.05, 0) is 78.9 Å². The van der Waals surface area contributed by atoms with E-state index in [-0.39, 0.29) is 17.8 Å². The molecule has 2 atom stereocenters. The van der Waals surface area contributed by atoms with Crippen LogP contribution in [0.2, 0.25) is 5.02 Å². The van der Waals surface area contributed by atoms with Gasteiger partial charge in [0.1, 0.15) is 11.5 Å². The summed E-state index contributed by atoms with van der Waals surface area (Å²) in [6, 6.07) is 22.0. The topological polar surface area (TPSA) is 27.0 Å². The van der Waals surface area contributed by atoms with Gasteiger partial charge in [0.25, 0.3) is 0 Å². The molecule has 3 aromatic rings. The first-order valence-corrected chi connectivity index (χ1v) is 12.0. The predicted molar refractivity (Wildman–Crippen MR) is 132 cm³/mol. The SMILES string of the molecule is CC(C)(F)[C@H](c1cc(F)cc(Br)c1)C1CN(C(c2ccc(Cl)cc2)c2cccc(C#N)c2)C1. The molecule has 3 aromatic carbocycles. The summed E-state index contributed by atoms with van der Waals surface area (Å²) in [4.78, 5) is 2.28. The maximum Gasteiger partial charge on any atom is 0.124 e. The van der Waals surface area contributed by atoms with E-state index in [0.29, 0.717) is 33.7 Å². The van der Waals surface area contributed by atoms with Crippen LogP contribution in [0.3, 0.4) is 0 Å². The van der Waals surface area contributed by atoms with Crippen molar-refractivity contribution < 1.29 is 8.78 Å². The van der Waals surface area contributed by atoms with Crippen LogP contribution < -0.4 is 0 Å². The third-order valence-electron chi connectivity index (χ3n) is 6.28. The van der Waals surface area contributed by atoms with Crippen molar-refractivity contribution in [3.8, 4) is 6.07 Å². The van der Waals surface area contributed by atoms with Crippen LogP contribution in [0.5, 0.6) is 0 Å². The molecule has 0 saturated carbocycles. The largest absolute Gasteiger partial charge is 0.292 e. The average molecular weight is 530 g/mol. The standard InChI is InChI=1S/C27H24BrClF2N2/c1-27(2,31)25(20-11-22(28)13-24(30)12-20)21-15-33(16-21)26(18-6-8-23(29)9-7-18)19-5-3-4-17(10-19)14-32/h3-13,21,25-26H,15-16H2,1-2H3/t25-,26?/m1/s1. The van der Waals surface area contributed by atoms with Crippen molar-refractivity contribution in [3.63, 3.8) is 0 Å². The molecule has 33 heavy (non-hydrogen) atoms. The third-order valence-corrected chi connectivity index (χ3v) is 6.99. The van der Waals surface area contributed by atoms with Crippen molar-refractivity contribution in [2.24, 2.45) is 5.92 Å². The Hall–Kier alpha value is -2.26. The fourth-order valence-electron chi connectivity index (χ4n) is 4.99. The molecule has 0 N–H and O–H groups in total. The van der Waals surface area contributed by atoms with Crippen molar-refractivity contribution >= 4 is 27.5 Å². The fourth-order valence-corrected chi connectivity index (χ4v) is 5.60. The molecule has 4 rings (SSSR count). The Morgan fingerprint density at radius 3 is 2.33 bits per heavy atom. The van der Waals surface area contributed by atoms with E-state index in [2.05, 4.69) is 26.9 Å². The van der Waals surface area contributed by atoms with E-state index in [1.54, 1.807) is 19.9 Å². The van der Waals surface area contributed by atoms with E-state index in [9.17, 15) is 9.65 Å². The molecule has 1 saturated heterocycles. The number of hydrogen-bond acceptors (Lipinski definition) is 2. The quantitative estimate of drug-likeness (QED) is 0.328. The molecule has 0 spiro atoms. The van der Waals surface area contributed by atoms with Gasteiger partial charge in [0.05, 0.1) is 17.7 Å². The molecule has 170 valence electrons. The van der Waals surface area contributed by atoms with Crippen LogP contribution in [0.1, 0.15) is 48.1 Å². The highest BCUT2D eigenvalue weighted by Gasteiger charge is 2.45. The second-order valence-corrected chi connectivity index (χ2v) is 10.5. The lowest BCUT2D eigenvalue weighted by Gasteiger charge is -2.50. The van der Waals surface area contributed by atoms with Crippen molar-refractivity contribution in [2.45, 2.75) is 31.5 Å². The smallest absolute Gasteiger partial charge is 0.124 e. The zero-order valence-corrected chi connectivity index (χ0v) is 20.7. The highest BCUT2D eigenvalue weighted by molar-refractivity contribution is 9.10. The predicted octanol–water partition coefficient (Wildman–Crippen LogP) is 7.67. The van der Waals surface area contributed by atoms with Crippen LogP contribution in [0.4, 0.5) is 8.78 Å². The maximum absolute atomic E-state index is 15.4. The summed E-state index contributed by atoms with van der Waals surface area (Å²) in [5.74, 6) is -0.804. The first kappa shape index (κ1) is 23.9. The number of halogens is 4. The Balaban J connectivity index is 1.65. The minimum atomic E-state index is -1.51. The van der Waals surface area contributed by atoms with Crippen molar-refractivity contribution in [1.29, 1.82) is 5.26 Å². The van der Waals surface area contributed by atoms with E-state index >= 15 is 4.39 Å². The molecule has 6 heteroatoms. The van der Waals surface area contributed by atoms with Crippen molar-refractivity contribution in [2.75, 3.05) is 13.1 Å². The Morgan fingerprint density at radius 2 is 1.73 bits per heavy atom. The lowest BCUT2D eigenvalue weighted by Crippen LogP contribution is -2.53. The minimum Gasteiger partial charge on any atom is -0.292 e. The lowest BCUT2D eigenvalue weighted by molar-refractivity contribution is 0.00811. The number of likely N-dealkylation sites (tertiary alicyclic amines) is 1. The summed E-state index contributed by atoms with van der Waals surface area (Å²) < 4.78 is 30.1. The van der Waals surface area contributed by atoms with Crippen LogP contribution >= 0.6 is 27.5 Å². The van der Waals surface area contributed by atoms with E-state index in [0.717, 1.165) is 11.1 Å². The lowest BCUT2D eigenvalue weighted by atomic mass is 9.72. The van der Waals surface area contributed by atoms with Gasteiger partial charge in [0, 0.05) is 28.5 Å². The monoisotopic (exact) mass is 528 g/mol. The first-order valence-electron chi connectivity index (χ1n) is 10.8. The normalized spacial score (nSPS) is 16.6. The summed E-state index contributed by atoms with van der Waals surface area (Å²) in [5, 5.41) is 10.0. The third kappa shape index (κ3) is 5.30. The Kier molecular flexibility index (Phi) is 6.91. The maximum atomic E-state index is 15.4. The molecule has 1 aliphatic rings. The average Bonchev–Trinajstić information content (AvgIpc) is 2.72. The molecule has 0 radical (unpaired) electrons. The summed E-state index contributed by atoms with van der Waals surface area (Å²) in [7, 11) is 0. The van der Waals surface area contributed by atoms with Gasteiger partial charge in [-0.3, -0.25) is 4.90 Å². The van der Waals surface area contributed by atoms with Crippen molar-refractivity contribution in [1.82, 2.24) is 4.90 Å². The zero-order chi connectivity index (χ0) is 23.8. The molecule has 0 amide bonds. The molecular formula is C27H24BrClF2N2. The molecule has 0 bridgehead atoms. The van der Waals surface area contributed by atoms with Crippen LogP contribution in [0.25, 0.3) is 0 Å². The van der Waals surface area contributed by atoms with E-state index in [4.69, 9.17) is 11.6 Å². The number of rotatable bonds is 6. The van der Waals surface area contributed by atoms with Crippen LogP contribution in [-0.2, 0) is 0 Å². The summed E-state index contributed by atoms with van der Waals surface area (Å²) in [5.41, 5.74) is 1.79. The van der Waals surface area contributed by atoms with Gasteiger partial charge in [0.15, 0.2) is 0 Å². The number of hydrogen-bond donors (Lipinski definition) is 0. The van der Waals surface area contributed by atoms with Gasteiger partial charge in [-0.2, -0.15) is 5.26 Å². The Labute approximate surface area is 206 Å². The van der Waals surface area contributed by atoms with Gasteiger partial charge in [-0.25, -0.2) is 8.78 Å². The van der Waals surface area contributed by atoms with Crippen LogP contribution in [0, 0.1) is 23.1 Å². The summed E-state index contributed by atoms with van der Waals surface area (Å²) in [6.45, 7) is 4.42. The molecule has 0 aliphatic carbocycles. The van der Waals surface area contributed by atoms with E-state index in [1.807, 2.05) is 48.5 Å². The van der Waals surface area contributed by atoms with Gasteiger partial charge >= 0.3 is 0 Å². The number of benzene rings is 3. The van der Waals surface area contributed by atoms with Crippen LogP contribution in [-0.4, -0.2) is 23.7 Å². The van der Waals surface area contributed by atoms with Gasteiger partial charge < -0.3 is 0 Å². The Morgan fingerprint density at radius 1 is 1.03 bits per heavy atom. The zero-order valence-electron chi connectivity index (χ0n) is 18.4. The van der Waals surface area contributed by atoms with E-state index < -0.39 is 11.6 Å². The molecule has 1 aliphatic heterocycles. The Bertz CT molecular complexity index is 1160. The van der Waals surface area contributed by atoms with Crippen LogP contribution in [0.15, 0.2) is 71.2 Å². The highest BCUT2D eigenvalue weighted by Crippen LogP contribution is 2.46. The molecule has 1 unspecified atom stereocenters. The first-order chi connectivity index (χ1) is 15.7. The van der Waals surface area contributed by atoms with Crippen molar-refractivity contribution in [3.05, 3.63) is 104 Å². The second-order valence-electron chi connectivity index (χ2n) is 9.15. The number of nitrogens with zero attached hydrogens (tertiary/aromatic N) is 2. The second kappa shape index (κ2) is 9.54. The van der Waals surface area contributed by atoms with Gasteiger partial charge in [-0.1, -0.05) is 51.8 Å². The summed E-state index contributed by atoms with van der Waals surface area (Å²) >= 11 is 9.46. The number of nitriles is 1. The molecule has 2 nitrogen and oxygen atoms in total. The minimum absolute atomic E-state index is 0.0210. The molecular weight excluding hydrogens is 506 g/mol. The highest BCUT2D eigenvalue weighted by atomic mass is 79.9. The van der Waals surface area contributed by atoms with Gasteiger partial charge in [0.2, 0.25) is 0 Å². The molecule has 1 fully saturated rings. The number of alkyl halides is 1. The fraction of sp³-hybridized carbons (Fsp3) is 0.296. The van der Waals surface area contributed by atoms with E-state index in [1.165, 1.54) is 12.1 Å². The van der Waals surface area contributed by atoms with Gasteiger partial charge in [-0.15, -0.1) is 0 Å².